The minimum absolute atomic E-state index is 0.211. The fraction of sp³-hybridized carbons (Fsp3) is 0.0800. The molecule has 1 unspecified atom stereocenters. The standard InChI is InChI=1S/C50H38N4/c1-50(2)46-26-32(30-51)22-24-43(46)44-25-23-36(29-47(44)50)40-19-11-20-41-39(18-10-21-42(40)41)35-16-9-17-37(27-35)48(52)54-49-45(34-14-7-4-8-15-34)28-38(31-53-49)33-12-5-3-6-13-33/h3-29,31,48H,52H2,1-2H3,(H,53,54). The molecule has 258 valence electrons. The number of fused-ring (bicyclic) bond motifs is 4. The lowest BCUT2D eigenvalue weighted by molar-refractivity contribution is 0.660. The Morgan fingerprint density at radius 1 is 0.537 bits per heavy atom. The maximum absolute atomic E-state index is 9.58. The number of nitrogens with zero attached hydrogens (tertiary/aromatic N) is 2. The molecule has 0 saturated heterocycles. The Bertz CT molecular complexity index is 2820. The largest absolute Gasteiger partial charge is 0.346 e. The molecule has 54 heavy (non-hydrogen) atoms. The van der Waals surface area contributed by atoms with Gasteiger partial charge in [-0.3, -0.25) is 0 Å². The Morgan fingerprint density at radius 2 is 1.13 bits per heavy atom. The number of hydrogen-bond acceptors (Lipinski definition) is 3. The summed E-state index contributed by atoms with van der Waals surface area (Å²) in [6.07, 6.45) is 1.42. The van der Waals surface area contributed by atoms with Gasteiger partial charge in [0.1, 0.15) is 11.7 Å². The molecule has 4 heteroatoms. The predicted octanol–water partition coefficient (Wildman–Crippen LogP) is 11.6. The molecule has 7 aromatic carbocycles. The van der Waals surface area contributed by atoms with E-state index in [4.69, 9.17) is 10.7 Å². The number of H-pyrrole nitrogens is 1. The zero-order valence-electron chi connectivity index (χ0n) is 30.2. The van der Waals surface area contributed by atoms with E-state index in [1.54, 1.807) is 0 Å². The second-order valence-corrected chi connectivity index (χ2v) is 14.5. The summed E-state index contributed by atoms with van der Waals surface area (Å²) in [5.41, 5.74) is 22.9. The van der Waals surface area contributed by atoms with Crippen molar-refractivity contribution in [2.75, 3.05) is 0 Å². The first kappa shape index (κ1) is 33.1. The molecule has 1 aliphatic rings. The summed E-state index contributed by atoms with van der Waals surface area (Å²) in [5.74, 6) is 0. The summed E-state index contributed by atoms with van der Waals surface area (Å²) in [4.78, 5) is 8.53. The molecule has 4 nitrogen and oxygen atoms in total. The molecule has 0 fully saturated rings. The lowest BCUT2D eigenvalue weighted by atomic mass is 9.81. The Morgan fingerprint density at radius 3 is 1.81 bits per heavy atom. The van der Waals surface area contributed by atoms with Gasteiger partial charge in [-0.25, -0.2) is 4.99 Å². The maximum atomic E-state index is 9.58. The third kappa shape index (κ3) is 5.72. The van der Waals surface area contributed by atoms with Crippen molar-refractivity contribution < 1.29 is 0 Å². The molecule has 1 atom stereocenters. The zero-order valence-corrected chi connectivity index (χ0v) is 30.2. The van der Waals surface area contributed by atoms with E-state index in [9.17, 15) is 5.26 Å². The molecular weight excluding hydrogens is 657 g/mol. The summed E-state index contributed by atoms with van der Waals surface area (Å²) in [5, 5.41) is 12.0. The second-order valence-electron chi connectivity index (χ2n) is 14.5. The van der Waals surface area contributed by atoms with E-state index in [0.717, 1.165) is 44.4 Å². The van der Waals surface area contributed by atoms with Crippen molar-refractivity contribution in [3.8, 4) is 61.7 Å². The van der Waals surface area contributed by atoms with Crippen LogP contribution < -0.4 is 11.2 Å². The average Bonchev–Trinajstić information content (AvgIpc) is 3.45. The smallest absolute Gasteiger partial charge is 0.135 e. The van der Waals surface area contributed by atoms with Crippen LogP contribution in [-0.4, -0.2) is 4.98 Å². The summed E-state index contributed by atoms with van der Waals surface area (Å²) in [6.45, 7) is 4.52. The highest BCUT2D eigenvalue weighted by Crippen LogP contribution is 2.50. The van der Waals surface area contributed by atoms with Crippen LogP contribution in [0.2, 0.25) is 0 Å². The summed E-state index contributed by atoms with van der Waals surface area (Å²) >= 11 is 0. The molecule has 8 aromatic rings. The van der Waals surface area contributed by atoms with Gasteiger partial charge >= 0.3 is 0 Å². The third-order valence-electron chi connectivity index (χ3n) is 11.0. The number of nitrogens with one attached hydrogen (secondary N) is 1. The van der Waals surface area contributed by atoms with Crippen molar-refractivity contribution in [1.29, 1.82) is 5.26 Å². The van der Waals surface area contributed by atoms with Crippen molar-refractivity contribution in [3.05, 3.63) is 198 Å². The molecule has 1 heterocycles. The zero-order chi connectivity index (χ0) is 36.8. The number of hydrogen-bond donors (Lipinski definition) is 2. The predicted molar refractivity (Wildman–Crippen MR) is 221 cm³/mol. The van der Waals surface area contributed by atoms with E-state index < -0.39 is 6.17 Å². The number of benzene rings is 7. The van der Waals surface area contributed by atoms with Crippen LogP contribution in [-0.2, 0) is 5.41 Å². The van der Waals surface area contributed by atoms with Gasteiger partial charge in [0.15, 0.2) is 0 Å². The minimum atomic E-state index is -0.583. The number of pyridine rings is 1. The highest BCUT2D eigenvalue weighted by atomic mass is 15.0. The molecule has 0 spiro atoms. The summed E-state index contributed by atoms with van der Waals surface area (Å²) in [7, 11) is 0. The quantitative estimate of drug-likeness (QED) is 0.182. The molecule has 0 saturated carbocycles. The molecule has 1 aromatic heterocycles. The van der Waals surface area contributed by atoms with E-state index >= 15 is 0 Å². The monoisotopic (exact) mass is 694 g/mol. The SMILES string of the molecule is CC1(C)c2cc(C#N)ccc2-c2ccc(-c3cccc4c(-c5cccc(C(N)/N=c6\[nH]cc(-c7ccccc7)cc6-c6ccccc6)c5)cccc34)cc21. The van der Waals surface area contributed by atoms with Crippen LogP contribution in [0.3, 0.4) is 0 Å². The average molecular weight is 695 g/mol. The van der Waals surface area contributed by atoms with E-state index in [1.807, 2.05) is 36.5 Å². The first-order chi connectivity index (χ1) is 26.4. The van der Waals surface area contributed by atoms with Gasteiger partial charge in [-0.15, -0.1) is 0 Å². The first-order valence-electron chi connectivity index (χ1n) is 18.3. The fourth-order valence-corrected chi connectivity index (χ4v) is 8.12. The molecule has 3 N–H and O–H groups in total. The molecule has 0 aliphatic heterocycles. The van der Waals surface area contributed by atoms with Gasteiger partial charge in [0.05, 0.1) is 11.6 Å². The van der Waals surface area contributed by atoms with Crippen molar-refractivity contribution >= 4 is 10.8 Å². The number of nitrogens with two attached hydrogens (primary N) is 1. The summed E-state index contributed by atoms with van der Waals surface area (Å²) < 4.78 is 0. The van der Waals surface area contributed by atoms with Gasteiger partial charge in [0, 0.05) is 17.2 Å². The van der Waals surface area contributed by atoms with Crippen LogP contribution in [0, 0.1) is 11.3 Å². The van der Waals surface area contributed by atoms with Crippen LogP contribution in [0.4, 0.5) is 0 Å². The molecule has 0 radical (unpaired) electrons. The van der Waals surface area contributed by atoms with E-state index in [0.29, 0.717) is 5.56 Å². The Hall–Kier alpha value is -6.80. The molecule has 0 amide bonds. The number of aromatic amines is 1. The van der Waals surface area contributed by atoms with Crippen LogP contribution in [0.25, 0.3) is 66.4 Å². The van der Waals surface area contributed by atoms with E-state index in [2.05, 4.69) is 158 Å². The molecule has 1 aliphatic carbocycles. The second kappa shape index (κ2) is 13.3. The topological polar surface area (TPSA) is 78.0 Å². The van der Waals surface area contributed by atoms with Crippen LogP contribution in [0.1, 0.15) is 42.3 Å². The highest BCUT2D eigenvalue weighted by molar-refractivity contribution is 6.05. The molecule has 0 bridgehead atoms. The van der Waals surface area contributed by atoms with Crippen LogP contribution in [0.5, 0.6) is 0 Å². The van der Waals surface area contributed by atoms with Crippen molar-refractivity contribution in [3.63, 3.8) is 0 Å². The lowest BCUT2D eigenvalue weighted by Crippen LogP contribution is -2.18. The minimum Gasteiger partial charge on any atom is -0.346 e. The van der Waals surface area contributed by atoms with E-state index in [1.165, 1.54) is 44.2 Å². The Balaban J connectivity index is 1.09. The van der Waals surface area contributed by atoms with Crippen LogP contribution >= 0.6 is 0 Å². The van der Waals surface area contributed by atoms with Crippen molar-refractivity contribution in [2.45, 2.75) is 25.4 Å². The van der Waals surface area contributed by atoms with Gasteiger partial charge in [0.25, 0.3) is 0 Å². The van der Waals surface area contributed by atoms with Crippen LogP contribution in [0.15, 0.2) is 175 Å². The summed E-state index contributed by atoms with van der Waals surface area (Å²) in [6, 6.07) is 59.6. The normalized spacial score (nSPS) is 13.6. The molecular formula is C50H38N4. The Labute approximate surface area is 315 Å². The van der Waals surface area contributed by atoms with Gasteiger partial charge in [0.2, 0.25) is 0 Å². The number of rotatable bonds is 6. The molecule has 9 rings (SSSR count). The maximum Gasteiger partial charge on any atom is 0.135 e. The first-order valence-corrected chi connectivity index (χ1v) is 18.3. The van der Waals surface area contributed by atoms with E-state index in [-0.39, 0.29) is 5.41 Å². The highest BCUT2D eigenvalue weighted by Gasteiger charge is 2.36. The van der Waals surface area contributed by atoms with Gasteiger partial charge in [-0.05, 0) is 108 Å². The fourth-order valence-electron chi connectivity index (χ4n) is 8.12. The van der Waals surface area contributed by atoms with Crippen molar-refractivity contribution in [2.24, 2.45) is 10.7 Å². The lowest BCUT2D eigenvalue weighted by Gasteiger charge is -2.22. The number of aromatic nitrogens is 1. The third-order valence-corrected chi connectivity index (χ3v) is 11.0. The van der Waals surface area contributed by atoms with Gasteiger partial charge in [-0.2, -0.15) is 5.26 Å². The Kier molecular flexibility index (Phi) is 8.15. The van der Waals surface area contributed by atoms with Gasteiger partial charge in [-0.1, -0.05) is 147 Å². The van der Waals surface area contributed by atoms with Crippen molar-refractivity contribution in [1.82, 2.24) is 4.98 Å². The van der Waals surface area contributed by atoms with Gasteiger partial charge < -0.3 is 10.7 Å². The number of nitriles is 1.